The van der Waals surface area contributed by atoms with Crippen LogP contribution in [-0.2, 0) is 4.79 Å². The second-order valence-electron chi connectivity index (χ2n) is 7.42. The van der Waals surface area contributed by atoms with E-state index < -0.39 is 0 Å². The number of unbranched alkanes of at least 4 members (excludes halogenated alkanes) is 1. The lowest BCUT2D eigenvalue weighted by Crippen LogP contribution is -2.40. The van der Waals surface area contributed by atoms with Crippen LogP contribution in [0.4, 0.5) is 0 Å². The molecule has 2 aliphatic rings. The third-order valence-corrected chi connectivity index (χ3v) is 6.96. The summed E-state index contributed by atoms with van der Waals surface area (Å²) in [5, 5.41) is 4.31. The molecule has 0 radical (unpaired) electrons. The summed E-state index contributed by atoms with van der Waals surface area (Å²) >= 11 is 3.66. The number of rotatable bonds is 7. The van der Waals surface area contributed by atoms with Gasteiger partial charge >= 0.3 is 0 Å². The summed E-state index contributed by atoms with van der Waals surface area (Å²) in [6.07, 6.45) is 14.0. The van der Waals surface area contributed by atoms with Gasteiger partial charge in [0.25, 0.3) is 0 Å². The Bertz CT molecular complexity index is 317. The Morgan fingerprint density at radius 3 is 2.43 bits per heavy atom. The van der Waals surface area contributed by atoms with Crippen molar-refractivity contribution in [1.82, 2.24) is 5.32 Å². The van der Waals surface area contributed by atoms with Gasteiger partial charge in [-0.15, -0.1) is 0 Å². The van der Waals surface area contributed by atoms with E-state index in [0.29, 0.717) is 11.3 Å². The Kier molecular flexibility index (Phi) is 7.04. The van der Waals surface area contributed by atoms with Gasteiger partial charge in [0.15, 0.2) is 0 Å². The van der Waals surface area contributed by atoms with Gasteiger partial charge < -0.3 is 5.32 Å². The zero-order chi connectivity index (χ0) is 15.1. The highest BCUT2D eigenvalue weighted by Gasteiger charge is 2.34. The molecule has 2 nitrogen and oxygen atoms in total. The van der Waals surface area contributed by atoms with Crippen molar-refractivity contribution in [3.05, 3.63) is 0 Å². The predicted octanol–water partition coefficient (Wildman–Crippen LogP) is 5.05. The van der Waals surface area contributed by atoms with Crippen molar-refractivity contribution < 1.29 is 4.79 Å². The number of amides is 1. The fourth-order valence-corrected chi connectivity index (χ4v) is 4.87. The van der Waals surface area contributed by atoms with Gasteiger partial charge in [-0.05, 0) is 49.9 Å². The van der Waals surface area contributed by atoms with Crippen LogP contribution in [0.2, 0.25) is 0 Å². The molecule has 122 valence electrons. The number of hydrogen-bond acceptors (Lipinski definition) is 1. The Hall–Kier alpha value is -0.0500. The summed E-state index contributed by atoms with van der Waals surface area (Å²) in [5.41, 5.74) is 0.341. The predicted molar refractivity (Wildman–Crippen MR) is 92.7 cm³/mol. The van der Waals surface area contributed by atoms with E-state index in [1.54, 1.807) is 0 Å². The maximum atomic E-state index is 12.4. The minimum Gasteiger partial charge on any atom is -0.355 e. The Balaban J connectivity index is 1.70. The molecule has 1 N–H and O–H groups in total. The summed E-state index contributed by atoms with van der Waals surface area (Å²) in [6.45, 7) is 3.15. The lowest BCUT2D eigenvalue weighted by atomic mass is 9.79. The molecular formula is C18H32BrNO. The van der Waals surface area contributed by atoms with E-state index in [9.17, 15) is 4.79 Å². The van der Waals surface area contributed by atoms with Crippen molar-refractivity contribution in [2.45, 2.75) is 77.6 Å². The molecule has 21 heavy (non-hydrogen) atoms. The average molecular weight is 358 g/mol. The van der Waals surface area contributed by atoms with E-state index in [2.05, 4.69) is 28.2 Å². The zero-order valence-corrected chi connectivity index (χ0v) is 15.2. The smallest absolute Gasteiger partial charge is 0.223 e. The molecule has 0 aliphatic heterocycles. The van der Waals surface area contributed by atoms with Crippen molar-refractivity contribution in [2.24, 2.45) is 17.3 Å². The van der Waals surface area contributed by atoms with Gasteiger partial charge in [-0.3, -0.25) is 4.79 Å². The SMILES string of the molecule is CCCCC1CCC(C(=O)NCC2(CBr)CCCC2)CC1. The molecular weight excluding hydrogens is 326 g/mol. The van der Waals surface area contributed by atoms with Crippen LogP contribution >= 0.6 is 15.9 Å². The fraction of sp³-hybridized carbons (Fsp3) is 0.944. The highest BCUT2D eigenvalue weighted by atomic mass is 79.9. The van der Waals surface area contributed by atoms with Gasteiger partial charge in [-0.2, -0.15) is 0 Å². The monoisotopic (exact) mass is 357 g/mol. The van der Waals surface area contributed by atoms with Crippen molar-refractivity contribution >= 4 is 21.8 Å². The minimum absolute atomic E-state index is 0.289. The molecule has 2 fully saturated rings. The van der Waals surface area contributed by atoms with E-state index >= 15 is 0 Å². The van der Waals surface area contributed by atoms with Crippen LogP contribution in [-0.4, -0.2) is 17.8 Å². The molecule has 0 atom stereocenters. The number of carbonyl (C=O) groups is 1. The third-order valence-electron chi connectivity index (χ3n) is 5.77. The lowest BCUT2D eigenvalue weighted by Gasteiger charge is -2.30. The molecule has 0 aromatic heterocycles. The third kappa shape index (κ3) is 4.97. The van der Waals surface area contributed by atoms with Gasteiger partial charge in [0.05, 0.1) is 0 Å². The van der Waals surface area contributed by atoms with Crippen molar-refractivity contribution in [1.29, 1.82) is 0 Å². The van der Waals surface area contributed by atoms with Gasteiger partial charge in [0.2, 0.25) is 5.91 Å². The number of halogens is 1. The number of carbonyl (C=O) groups excluding carboxylic acids is 1. The second kappa shape index (κ2) is 8.55. The highest BCUT2D eigenvalue weighted by molar-refractivity contribution is 9.09. The molecule has 2 saturated carbocycles. The largest absolute Gasteiger partial charge is 0.355 e. The lowest BCUT2D eigenvalue weighted by molar-refractivity contribution is -0.126. The van der Waals surface area contributed by atoms with E-state index in [1.165, 1.54) is 57.8 Å². The maximum absolute atomic E-state index is 12.4. The molecule has 0 aromatic rings. The van der Waals surface area contributed by atoms with E-state index in [-0.39, 0.29) is 5.92 Å². The van der Waals surface area contributed by atoms with E-state index in [4.69, 9.17) is 0 Å². The van der Waals surface area contributed by atoms with Crippen LogP contribution in [0, 0.1) is 17.3 Å². The molecule has 1 amide bonds. The molecule has 3 heteroatoms. The van der Waals surface area contributed by atoms with Gasteiger partial charge in [-0.1, -0.05) is 55.0 Å². The van der Waals surface area contributed by atoms with Gasteiger partial charge in [0.1, 0.15) is 0 Å². The summed E-state index contributed by atoms with van der Waals surface area (Å²) in [7, 11) is 0. The topological polar surface area (TPSA) is 29.1 Å². The molecule has 0 heterocycles. The molecule has 0 bridgehead atoms. The van der Waals surface area contributed by atoms with Crippen LogP contribution in [0.3, 0.4) is 0 Å². The number of alkyl halides is 1. The standard InChI is InChI=1S/C18H32BrNO/c1-2-3-6-15-7-9-16(10-8-15)17(21)20-14-18(13-19)11-4-5-12-18/h15-16H,2-14H2,1H3,(H,20,21). The molecule has 0 aromatic carbocycles. The van der Waals surface area contributed by atoms with E-state index in [1.807, 2.05) is 0 Å². The highest BCUT2D eigenvalue weighted by Crippen LogP contribution is 2.39. The van der Waals surface area contributed by atoms with Crippen LogP contribution < -0.4 is 5.32 Å². The normalized spacial score (nSPS) is 28.5. The van der Waals surface area contributed by atoms with Crippen LogP contribution in [0.15, 0.2) is 0 Å². The summed E-state index contributed by atoms with van der Waals surface area (Å²) in [5.74, 6) is 1.51. The van der Waals surface area contributed by atoms with Crippen molar-refractivity contribution in [2.75, 3.05) is 11.9 Å². The van der Waals surface area contributed by atoms with Crippen molar-refractivity contribution in [3.63, 3.8) is 0 Å². The summed E-state index contributed by atoms with van der Waals surface area (Å²) in [4.78, 5) is 12.4. The minimum atomic E-state index is 0.289. The number of nitrogens with one attached hydrogen (secondary N) is 1. The first-order valence-electron chi connectivity index (χ1n) is 9.03. The first kappa shape index (κ1) is 17.3. The maximum Gasteiger partial charge on any atom is 0.223 e. The zero-order valence-electron chi connectivity index (χ0n) is 13.6. The van der Waals surface area contributed by atoms with Crippen LogP contribution in [0.5, 0.6) is 0 Å². The van der Waals surface area contributed by atoms with Crippen LogP contribution in [0.1, 0.15) is 77.6 Å². The fourth-order valence-electron chi connectivity index (χ4n) is 4.11. The van der Waals surface area contributed by atoms with Crippen LogP contribution in [0.25, 0.3) is 0 Å². The average Bonchev–Trinajstić information content (AvgIpc) is 3.00. The first-order valence-corrected chi connectivity index (χ1v) is 10.1. The van der Waals surface area contributed by atoms with E-state index in [0.717, 1.165) is 30.6 Å². The molecule has 0 unspecified atom stereocenters. The second-order valence-corrected chi connectivity index (χ2v) is 7.98. The molecule has 2 rings (SSSR count). The molecule has 0 spiro atoms. The Morgan fingerprint density at radius 2 is 1.86 bits per heavy atom. The van der Waals surface area contributed by atoms with Gasteiger partial charge in [-0.25, -0.2) is 0 Å². The first-order chi connectivity index (χ1) is 10.2. The Morgan fingerprint density at radius 1 is 1.19 bits per heavy atom. The van der Waals surface area contributed by atoms with Crippen molar-refractivity contribution in [3.8, 4) is 0 Å². The van der Waals surface area contributed by atoms with Gasteiger partial charge in [0, 0.05) is 17.8 Å². The summed E-state index contributed by atoms with van der Waals surface area (Å²) in [6, 6.07) is 0. The molecule has 0 saturated heterocycles. The quantitative estimate of drug-likeness (QED) is 0.634. The summed E-state index contributed by atoms with van der Waals surface area (Å²) < 4.78 is 0. The Labute approximate surface area is 139 Å². The molecule has 2 aliphatic carbocycles. The number of hydrogen-bond donors (Lipinski definition) is 1.